The normalized spacial score (nSPS) is 11.1. The van der Waals surface area contributed by atoms with Crippen LogP contribution in [0.3, 0.4) is 0 Å². The molecule has 724 valence electrons. The molecule has 38 nitrogen and oxygen atoms in total. The Morgan fingerprint density at radius 2 is 0.780 bits per heavy atom. The summed E-state index contributed by atoms with van der Waals surface area (Å²) in [4.78, 5) is 78.8. The number of aryl methyl sites for hydroxylation is 6. The van der Waals surface area contributed by atoms with Crippen LogP contribution in [0.1, 0.15) is 24.2 Å². The van der Waals surface area contributed by atoms with Gasteiger partial charge in [0.15, 0.2) is 23.1 Å². The van der Waals surface area contributed by atoms with E-state index in [1.54, 1.807) is 171 Å². The Morgan fingerprint density at radius 3 is 1.15 bits per heavy atom. The van der Waals surface area contributed by atoms with Crippen molar-refractivity contribution >= 4 is 112 Å². The number of methoxy groups -OCH3 is 8. The highest BCUT2D eigenvalue weighted by atomic mass is 32.2. The largest absolute Gasteiger partial charge is 0.497 e. The highest BCUT2D eigenvalue weighted by Crippen LogP contribution is 2.44. The van der Waals surface area contributed by atoms with E-state index in [1.165, 1.54) is 64.0 Å². The van der Waals surface area contributed by atoms with E-state index in [1.807, 2.05) is 137 Å². The van der Waals surface area contributed by atoms with Gasteiger partial charge in [-0.1, -0.05) is 0 Å². The number of carbonyl (C=O) groups excluding carboxylic acids is 1. The first-order valence-corrected chi connectivity index (χ1v) is 45.3. The summed E-state index contributed by atoms with van der Waals surface area (Å²) >= 11 is 0. The molecule has 18 rings (SSSR count). The number of aliphatic hydroxyl groups excluding tert-OH is 1. The third-order valence-electron chi connectivity index (χ3n) is 22.2. The zero-order valence-electron chi connectivity index (χ0n) is 79.8. The summed E-state index contributed by atoms with van der Waals surface area (Å²) in [6.07, 6.45) is 26.0. The van der Waals surface area contributed by atoms with Gasteiger partial charge >= 0.3 is 10.2 Å². The van der Waals surface area contributed by atoms with Crippen molar-refractivity contribution in [3.63, 3.8) is 0 Å². The molecule has 0 radical (unpaired) electrons. The first-order valence-electron chi connectivity index (χ1n) is 43.9. The van der Waals surface area contributed by atoms with Crippen molar-refractivity contribution in [3.8, 4) is 91.0 Å². The van der Waals surface area contributed by atoms with Gasteiger partial charge in [-0.15, -0.1) is 0 Å². The van der Waals surface area contributed by atoms with Crippen LogP contribution in [0.4, 0.5) is 60.1 Å². The molecule has 0 saturated heterocycles. The number of hydrogen-bond acceptors (Lipinski definition) is 30. The van der Waals surface area contributed by atoms with Gasteiger partial charge < -0.3 is 68.0 Å². The van der Waals surface area contributed by atoms with Gasteiger partial charge in [0.2, 0.25) is 5.91 Å². The second kappa shape index (κ2) is 44.3. The number of halogens is 2. The van der Waals surface area contributed by atoms with Crippen LogP contribution in [0, 0.1) is 18.6 Å². The Labute approximate surface area is 809 Å². The fraction of sp³-hybridized carbons (Fsp3) is 0.220. The summed E-state index contributed by atoms with van der Waals surface area (Å²) in [6.45, 7) is 2.59. The van der Waals surface area contributed by atoms with E-state index < -0.39 is 21.8 Å². The van der Waals surface area contributed by atoms with Crippen LogP contribution in [0.15, 0.2) is 243 Å². The number of ether oxygens (including phenoxy) is 8. The molecule has 1 amide bonds. The molecule has 3 N–H and O–H groups in total. The molecule has 0 aliphatic rings. The molecule has 0 atom stereocenters. The van der Waals surface area contributed by atoms with E-state index in [2.05, 4.69) is 75.5 Å². The van der Waals surface area contributed by atoms with Crippen molar-refractivity contribution in [1.82, 2.24) is 98.3 Å². The Hall–Kier alpha value is -17.2. The molecular formula is C100H101F2N25O13S. The molecule has 0 saturated carbocycles. The third kappa shape index (κ3) is 23.4. The lowest BCUT2D eigenvalue weighted by Crippen LogP contribution is -2.37. The molecule has 0 fully saturated rings. The minimum Gasteiger partial charge on any atom is -0.497 e. The van der Waals surface area contributed by atoms with Crippen LogP contribution >= 0.6 is 0 Å². The number of aliphatic hydroxyl groups is 1. The highest BCUT2D eigenvalue weighted by Gasteiger charge is 2.31. The minimum absolute atomic E-state index is 0.00712. The summed E-state index contributed by atoms with van der Waals surface area (Å²) in [7, 11) is 18.4. The molecular weight excluding hydrogens is 1830 g/mol. The molecule has 0 spiro atoms. The number of anilines is 9. The summed E-state index contributed by atoms with van der Waals surface area (Å²) < 4.78 is 109. The average Bonchev–Trinajstić information content (AvgIpc) is 1.18. The summed E-state index contributed by atoms with van der Waals surface area (Å²) in [5.41, 5.74) is 16.5. The van der Waals surface area contributed by atoms with Crippen molar-refractivity contribution in [2.24, 2.45) is 28.2 Å². The smallest absolute Gasteiger partial charge is 0.307 e. The van der Waals surface area contributed by atoms with Gasteiger partial charge in [0.1, 0.15) is 58.4 Å². The average molecular weight is 1930 g/mol. The molecule has 18 aromatic rings. The topological polar surface area (TPSA) is 407 Å². The number of aromatic amines is 1. The molecule has 141 heavy (non-hydrogen) atoms. The number of rotatable bonds is 32. The maximum atomic E-state index is 15.3. The van der Waals surface area contributed by atoms with Crippen LogP contribution in [0.2, 0.25) is 0 Å². The molecule has 41 heteroatoms. The number of carbonyl (C=O) groups is 1. The lowest BCUT2D eigenvalue weighted by atomic mass is 10.1. The van der Waals surface area contributed by atoms with E-state index in [9.17, 15) is 23.1 Å². The molecule has 0 bridgehead atoms. The second-order valence-electron chi connectivity index (χ2n) is 32.1. The SMILES string of the molecule is COc1cc(OC)c(F)c(N(CCCO)c2ccc3ncc(-c4cnn(C)c4)nc3c2)c1F.COc1cc(OC)cc(N(CC(=O)Nc2cc(C)ccn2)c2ccc3ncc(-c4cnn(C)c4)nc3c2)c1.COc1cc(OC)cc(N(CCCc2nccc(=O)[nH]2)c2ccc3ncc(-c4cnn(C)c4)nc3c2)c1.COc1cc(OC)cc(N(c2ccc3ncc(-c4cnn(C)c4)nc3c2)S(=O)(=O)N(C)C)c1. The third-order valence-corrected chi connectivity index (χ3v) is 24.0. The predicted octanol–water partition coefficient (Wildman–Crippen LogP) is 15.3. The molecule has 0 unspecified atom stereocenters. The maximum Gasteiger partial charge on any atom is 0.307 e. The molecule has 8 aromatic carbocycles. The Morgan fingerprint density at radius 1 is 0.411 bits per heavy atom. The fourth-order valence-electron chi connectivity index (χ4n) is 15.1. The van der Waals surface area contributed by atoms with Gasteiger partial charge in [0, 0.05) is 223 Å². The number of pyridine rings is 1. The van der Waals surface area contributed by atoms with Crippen LogP contribution in [0.25, 0.3) is 89.2 Å². The number of hydrogen-bond donors (Lipinski definition) is 3. The number of benzene rings is 8. The quantitative estimate of drug-likeness (QED) is 0.0352. The van der Waals surface area contributed by atoms with Crippen molar-refractivity contribution in [2.75, 3.05) is 122 Å². The van der Waals surface area contributed by atoms with Crippen LogP contribution in [-0.2, 0) is 49.6 Å². The van der Waals surface area contributed by atoms with Gasteiger partial charge in [-0.3, -0.25) is 48.3 Å². The van der Waals surface area contributed by atoms with E-state index in [0.717, 1.165) is 83.9 Å². The second-order valence-corrected chi connectivity index (χ2v) is 34.1. The lowest BCUT2D eigenvalue weighted by molar-refractivity contribution is -0.114. The van der Waals surface area contributed by atoms with Crippen molar-refractivity contribution in [3.05, 3.63) is 272 Å². The monoisotopic (exact) mass is 1930 g/mol. The van der Waals surface area contributed by atoms with Crippen LogP contribution in [0.5, 0.6) is 46.0 Å². The zero-order chi connectivity index (χ0) is 99.7. The summed E-state index contributed by atoms with van der Waals surface area (Å²) in [5, 5.41) is 29.1. The van der Waals surface area contributed by atoms with Gasteiger partial charge in [0.25, 0.3) is 5.56 Å². The Bertz CT molecular complexity index is 7620. The number of aromatic nitrogens is 19. The summed E-state index contributed by atoms with van der Waals surface area (Å²) in [6, 6.07) is 44.4. The lowest BCUT2D eigenvalue weighted by Gasteiger charge is -2.28. The standard InChI is InChI=1S/C28H27N7O3.C27H27N7O3.C23H23F2N5O3.C22H24N6O4S/c1-18-7-8-29-27(9-18)33-28(36)17-35(21-10-22(37-3)13-23(11-21)38-4)20-5-6-24-25(12-20)32-26(15-30-24)19-14-31-34(2)16-19;1-33-17-18(15-30-33)25-16-29-23-7-6-19(13-24(23)31-25)34(10-4-5-26-28-9-8-27(35)32-26)20-11-21(36-2)14-22(12-20)37-3;1-29-13-14(11-27-29)18-12-26-16-6-5-15(9-17(16)28-18)30(7-4-8-31)23-21(24)19(32-2)10-20(33-3)22(23)25;1-26(2)33(29,30)28(17-8-18(31-4)11-19(9-17)32-5)16-6-7-20-21(10-16)25-22(13-23-20)15-12-24-27(3)14-15/h5-16H,17H2,1-4H3,(H,29,33,36);6-9,11-17H,4-5,10H2,1-3H3,(H,28,32,35);5-6,9-13,31H,4,7-8H2,1-3H3;6-14H,1-5H3. The summed E-state index contributed by atoms with van der Waals surface area (Å²) in [5.74, 6) is 2.35. The first kappa shape index (κ1) is 98.3. The number of nitrogens with zero attached hydrogens (tertiary/aromatic N) is 23. The van der Waals surface area contributed by atoms with Crippen LogP contribution in [-0.4, -0.2) is 215 Å². The van der Waals surface area contributed by atoms with E-state index >= 15 is 8.78 Å². The number of H-pyrrole nitrogens is 1. The number of nitrogens with one attached hydrogen (secondary N) is 2. The fourth-order valence-corrected chi connectivity index (χ4v) is 16.2. The first-order chi connectivity index (χ1) is 68.1. The highest BCUT2D eigenvalue weighted by molar-refractivity contribution is 7.90. The molecule has 10 aromatic heterocycles. The van der Waals surface area contributed by atoms with Gasteiger partial charge in [-0.25, -0.2) is 43.0 Å². The van der Waals surface area contributed by atoms with Gasteiger partial charge in [0.05, 0.1) is 185 Å². The van der Waals surface area contributed by atoms with E-state index in [-0.39, 0.29) is 54.8 Å². The number of fused-ring (bicyclic) bond motifs is 4. The Kier molecular flexibility index (Phi) is 30.9. The van der Waals surface area contributed by atoms with Gasteiger partial charge in [-0.05, 0) is 110 Å². The zero-order valence-corrected chi connectivity index (χ0v) is 80.6. The van der Waals surface area contributed by atoms with Crippen molar-refractivity contribution < 1.29 is 65.0 Å². The number of amides is 1. The van der Waals surface area contributed by atoms with Crippen molar-refractivity contribution in [2.45, 2.75) is 26.2 Å². The van der Waals surface area contributed by atoms with Crippen molar-refractivity contribution in [1.29, 1.82) is 0 Å². The van der Waals surface area contributed by atoms with E-state index in [0.29, 0.717) is 127 Å². The molecule has 0 aliphatic carbocycles. The van der Waals surface area contributed by atoms with Gasteiger partial charge in [-0.2, -0.15) is 33.1 Å². The predicted molar refractivity (Wildman–Crippen MR) is 533 cm³/mol. The molecule has 0 aliphatic heterocycles. The molecule has 10 heterocycles. The van der Waals surface area contributed by atoms with Crippen LogP contribution < -0.4 is 67.8 Å². The Balaban J connectivity index is 0.000000142. The van der Waals surface area contributed by atoms with E-state index in [4.69, 9.17) is 47.9 Å². The maximum absolute atomic E-state index is 15.3. The minimum atomic E-state index is -3.93.